The molecule has 0 saturated heterocycles. The van der Waals surface area contributed by atoms with E-state index in [0.717, 1.165) is 11.3 Å². The van der Waals surface area contributed by atoms with Crippen LogP contribution in [0.1, 0.15) is 16.7 Å². The number of hydrogen-bond acceptors (Lipinski definition) is 2. The fourth-order valence-electron chi connectivity index (χ4n) is 1.96. The molecule has 0 bridgehead atoms. The van der Waals surface area contributed by atoms with Crippen LogP contribution in [0.2, 0.25) is 0 Å². The topological polar surface area (TPSA) is 51.1 Å². The maximum absolute atomic E-state index is 12.0. The second kappa shape index (κ2) is 5.74. The van der Waals surface area contributed by atoms with Crippen LogP contribution < -0.4 is 10.9 Å². The number of carbonyl (C=O) groups is 1. The lowest BCUT2D eigenvalue weighted by molar-refractivity contribution is -0.116. The van der Waals surface area contributed by atoms with E-state index < -0.39 is 0 Å². The summed E-state index contributed by atoms with van der Waals surface area (Å²) in [6.45, 7) is 5.77. The monoisotopic (exact) mass is 270 g/mol. The zero-order valence-corrected chi connectivity index (χ0v) is 11.9. The van der Waals surface area contributed by atoms with Crippen molar-refractivity contribution >= 4 is 11.6 Å². The van der Waals surface area contributed by atoms with Crippen molar-refractivity contribution in [2.75, 3.05) is 5.32 Å². The summed E-state index contributed by atoms with van der Waals surface area (Å²) in [5.41, 5.74) is 3.54. The average molecular weight is 270 g/mol. The predicted molar refractivity (Wildman–Crippen MR) is 80.0 cm³/mol. The molecule has 2 rings (SSSR count). The Morgan fingerprint density at radius 1 is 1.10 bits per heavy atom. The summed E-state index contributed by atoms with van der Waals surface area (Å²) in [7, 11) is 0. The summed E-state index contributed by atoms with van der Waals surface area (Å²) >= 11 is 0. The molecule has 1 heterocycles. The number of hydrogen-bond donors (Lipinski definition) is 1. The molecule has 0 aliphatic rings. The molecule has 0 aliphatic heterocycles. The van der Waals surface area contributed by atoms with Gasteiger partial charge in [0.25, 0.3) is 5.56 Å². The molecule has 2 aromatic rings. The van der Waals surface area contributed by atoms with Crippen LogP contribution in [0.3, 0.4) is 0 Å². The fourth-order valence-corrected chi connectivity index (χ4v) is 1.96. The average Bonchev–Trinajstić information content (AvgIpc) is 2.39. The smallest absolute Gasteiger partial charge is 0.253 e. The number of nitrogens with zero attached hydrogens (tertiary/aromatic N) is 1. The summed E-state index contributed by atoms with van der Waals surface area (Å²) in [5, 5.41) is 2.81. The first-order chi connectivity index (χ1) is 9.47. The molecule has 0 unspecified atom stereocenters. The van der Waals surface area contributed by atoms with Gasteiger partial charge in [0.15, 0.2) is 0 Å². The van der Waals surface area contributed by atoms with Crippen LogP contribution in [0.15, 0.2) is 41.3 Å². The normalized spacial score (nSPS) is 10.3. The Bertz CT molecular complexity index is 702. The van der Waals surface area contributed by atoms with E-state index in [1.54, 1.807) is 25.3 Å². The third-order valence-corrected chi connectivity index (χ3v) is 3.32. The Balaban J connectivity index is 2.11. The van der Waals surface area contributed by atoms with Crippen molar-refractivity contribution in [2.45, 2.75) is 27.3 Å². The van der Waals surface area contributed by atoms with Gasteiger partial charge in [-0.3, -0.25) is 9.59 Å². The van der Waals surface area contributed by atoms with Crippen molar-refractivity contribution in [2.24, 2.45) is 0 Å². The number of aryl methyl sites for hydroxylation is 3. The highest BCUT2D eigenvalue weighted by Crippen LogP contribution is 2.14. The molecule has 1 amide bonds. The number of amides is 1. The molecule has 0 spiro atoms. The molecule has 0 atom stereocenters. The second-order valence-corrected chi connectivity index (χ2v) is 4.97. The Morgan fingerprint density at radius 2 is 1.85 bits per heavy atom. The van der Waals surface area contributed by atoms with E-state index in [2.05, 4.69) is 5.32 Å². The minimum Gasteiger partial charge on any atom is -0.325 e. The van der Waals surface area contributed by atoms with Gasteiger partial charge in [0.2, 0.25) is 5.91 Å². The number of aromatic nitrogens is 1. The van der Waals surface area contributed by atoms with Crippen molar-refractivity contribution in [1.29, 1.82) is 0 Å². The number of carbonyl (C=O) groups excluding carboxylic acids is 1. The van der Waals surface area contributed by atoms with Gasteiger partial charge in [-0.05, 0) is 50.1 Å². The highest BCUT2D eigenvalue weighted by atomic mass is 16.2. The van der Waals surface area contributed by atoms with E-state index in [0.29, 0.717) is 5.56 Å². The maximum Gasteiger partial charge on any atom is 0.253 e. The predicted octanol–water partition coefficient (Wildman–Crippen LogP) is 2.41. The first-order valence-electron chi connectivity index (χ1n) is 6.50. The Labute approximate surface area is 118 Å². The van der Waals surface area contributed by atoms with Crippen molar-refractivity contribution in [3.05, 3.63) is 63.6 Å². The van der Waals surface area contributed by atoms with Gasteiger partial charge in [0.1, 0.15) is 6.54 Å². The summed E-state index contributed by atoms with van der Waals surface area (Å²) in [6.07, 6.45) is 1.62. The van der Waals surface area contributed by atoms with E-state index in [4.69, 9.17) is 0 Å². The highest BCUT2D eigenvalue weighted by molar-refractivity contribution is 5.90. The molecule has 1 N–H and O–H groups in total. The molecule has 0 radical (unpaired) electrons. The minimum atomic E-state index is -0.207. The van der Waals surface area contributed by atoms with E-state index in [9.17, 15) is 9.59 Å². The molecule has 0 fully saturated rings. The van der Waals surface area contributed by atoms with Crippen LogP contribution in [-0.4, -0.2) is 10.5 Å². The molecular formula is C16H18N2O2. The fraction of sp³-hybridized carbons (Fsp3) is 0.250. The Hall–Kier alpha value is -2.36. The van der Waals surface area contributed by atoms with Gasteiger partial charge < -0.3 is 9.88 Å². The summed E-state index contributed by atoms with van der Waals surface area (Å²) < 4.78 is 1.41. The largest absolute Gasteiger partial charge is 0.325 e. The van der Waals surface area contributed by atoms with Crippen LogP contribution in [0.4, 0.5) is 5.69 Å². The van der Waals surface area contributed by atoms with Crippen LogP contribution in [0, 0.1) is 20.8 Å². The van der Waals surface area contributed by atoms with E-state index >= 15 is 0 Å². The molecule has 4 nitrogen and oxygen atoms in total. The molecule has 20 heavy (non-hydrogen) atoms. The standard InChI is InChI=1S/C16H18N2O2/c1-11-6-7-14(9-13(11)3)17-15(19)10-18-8-4-5-12(2)16(18)20/h4-9H,10H2,1-3H3,(H,17,19). The quantitative estimate of drug-likeness (QED) is 0.931. The lowest BCUT2D eigenvalue weighted by Crippen LogP contribution is -2.28. The van der Waals surface area contributed by atoms with Crippen molar-refractivity contribution < 1.29 is 4.79 Å². The molecule has 1 aromatic heterocycles. The maximum atomic E-state index is 12.0. The summed E-state index contributed by atoms with van der Waals surface area (Å²) in [5.74, 6) is -0.207. The molecular weight excluding hydrogens is 252 g/mol. The molecule has 4 heteroatoms. The number of pyridine rings is 1. The van der Waals surface area contributed by atoms with Crippen LogP contribution in [0.5, 0.6) is 0 Å². The third-order valence-electron chi connectivity index (χ3n) is 3.32. The van der Waals surface area contributed by atoms with Crippen LogP contribution in [-0.2, 0) is 11.3 Å². The van der Waals surface area contributed by atoms with Gasteiger partial charge in [-0.15, -0.1) is 0 Å². The van der Waals surface area contributed by atoms with Crippen LogP contribution in [0.25, 0.3) is 0 Å². The second-order valence-electron chi connectivity index (χ2n) is 4.97. The van der Waals surface area contributed by atoms with Crippen molar-refractivity contribution in [3.8, 4) is 0 Å². The van der Waals surface area contributed by atoms with Gasteiger partial charge >= 0.3 is 0 Å². The first kappa shape index (κ1) is 14.1. The van der Waals surface area contributed by atoms with Crippen LogP contribution >= 0.6 is 0 Å². The molecule has 1 aromatic carbocycles. The number of anilines is 1. The van der Waals surface area contributed by atoms with E-state index in [-0.39, 0.29) is 18.0 Å². The SMILES string of the molecule is Cc1ccc(NC(=O)Cn2cccc(C)c2=O)cc1C. The Morgan fingerprint density at radius 3 is 2.55 bits per heavy atom. The van der Waals surface area contributed by atoms with Gasteiger partial charge in [-0.25, -0.2) is 0 Å². The van der Waals surface area contributed by atoms with E-state index in [1.807, 2.05) is 32.0 Å². The van der Waals surface area contributed by atoms with Gasteiger partial charge in [-0.1, -0.05) is 12.1 Å². The number of benzene rings is 1. The summed E-state index contributed by atoms with van der Waals surface area (Å²) in [4.78, 5) is 23.8. The first-order valence-corrected chi connectivity index (χ1v) is 6.50. The number of nitrogens with one attached hydrogen (secondary N) is 1. The molecule has 0 aliphatic carbocycles. The molecule has 0 saturated carbocycles. The lowest BCUT2D eigenvalue weighted by Gasteiger charge is -2.09. The van der Waals surface area contributed by atoms with Gasteiger partial charge in [-0.2, -0.15) is 0 Å². The highest BCUT2D eigenvalue weighted by Gasteiger charge is 2.06. The van der Waals surface area contributed by atoms with E-state index in [1.165, 1.54) is 10.1 Å². The lowest BCUT2D eigenvalue weighted by atomic mass is 10.1. The Kier molecular flexibility index (Phi) is 4.03. The zero-order chi connectivity index (χ0) is 14.7. The van der Waals surface area contributed by atoms with Crippen molar-refractivity contribution in [3.63, 3.8) is 0 Å². The molecule has 104 valence electrons. The van der Waals surface area contributed by atoms with Gasteiger partial charge in [0.05, 0.1) is 0 Å². The zero-order valence-electron chi connectivity index (χ0n) is 11.9. The summed E-state index contributed by atoms with van der Waals surface area (Å²) in [6, 6.07) is 9.25. The van der Waals surface area contributed by atoms with Crippen molar-refractivity contribution in [1.82, 2.24) is 4.57 Å². The third kappa shape index (κ3) is 3.15. The van der Waals surface area contributed by atoms with Gasteiger partial charge in [0, 0.05) is 17.4 Å². The number of rotatable bonds is 3. The minimum absolute atomic E-state index is 0.0213.